The van der Waals surface area contributed by atoms with Crippen molar-refractivity contribution < 1.29 is 4.39 Å². The molecule has 1 unspecified atom stereocenters. The molecule has 1 atom stereocenters. The summed E-state index contributed by atoms with van der Waals surface area (Å²) in [6.45, 7) is 0. The number of pyridine rings is 1. The molecule has 2 nitrogen and oxygen atoms in total. The first kappa shape index (κ1) is 13.0. The van der Waals surface area contributed by atoms with Gasteiger partial charge in [-0.05, 0) is 29.8 Å². The number of hydrogen-bond acceptors (Lipinski definition) is 2. The third-order valence-electron chi connectivity index (χ3n) is 3.30. The zero-order chi connectivity index (χ0) is 14.1. The van der Waals surface area contributed by atoms with Crippen LogP contribution in [0.4, 0.5) is 4.39 Å². The van der Waals surface area contributed by atoms with E-state index in [0.717, 1.165) is 16.5 Å². The lowest BCUT2D eigenvalue weighted by atomic mass is 9.98. The van der Waals surface area contributed by atoms with Crippen molar-refractivity contribution in [3.63, 3.8) is 0 Å². The highest BCUT2D eigenvalue weighted by molar-refractivity contribution is 6.30. The van der Waals surface area contributed by atoms with E-state index in [1.165, 1.54) is 6.07 Å². The Morgan fingerprint density at radius 2 is 1.95 bits per heavy atom. The third-order valence-corrected chi connectivity index (χ3v) is 3.59. The van der Waals surface area contributed by atoms with Gasteiger partial charge in [-0.3, -0.25) is 4.98 Å². The number of hydrogen-bond donors (Lipinski definition) is 1. The van der Waals surface area contributed by atoms with Gasteiger partial charge in [-0.2, -0.15) is 0 Å². The van der Waals surface area contributed by atoms with Crippen LogP contribution in [0.15, 0.2) is 54.7 Å². The van der Waals surface area contributed by atoms with Crippen molar-refractivity contribution in [3.05, 3.63) is 76.7 Å². The highest BCUT2D eigenvalue weighted by Crippen LogP contribution is 2.27. The van der Waals surface area contributed by atoms with E-state index in [1.54, 1.807) is 18.3 Å². The van der Waals surface area contributed by atoms with Crippen LogP contribution in [0.5, 0.6) is 0 Å². The highest BCUT2D eigenvalue weighted by Gasteiger charge is 2.15. The number of nitrogens with two attached hydrogens (primary N) is 1. The standard InChI is InChI=1S/C16H12ClFN2/c17-13-5-1-4-12(15(13)18)16(19)11-6-7-14-10(9-11)3-2-8-20-14/h1-9,16H,19H2. The smallest absolute Gasteiger partial charge is 0.146 e. The molecule has 3 aromatic rings. The maximum absolute atomic E-state index is 14.0. The minimum atomic E-state index is -0.557. The molecule has 20 heavy (non-hydrogen) atoms. The maximum atomic E-state index is 14.0. The Balaban J connectivity index is 2.08. The number of rotatable bonds is 2. The summed E-state index contributed by atoms with van der Waals surface area (Å²) in [7, 11) is 0. The Bertz CT molecular complexity index is 773. The first-order valence-electron chi connectivity index (χ1n) is 6.21. The largest absolute Gasteiger partial charge is 0.320 e. The molecule has 0 aliphatic rings. The molecule has 0 aliphatic carbocycles. The molecule has 2 aromatic carbocycles. The number of aromatic nitrogens is 1. The van der Waals surface area contributed by atoms with Gasteiger partial charge in [0.25, 0.3) is 0 Å². The topological polar surface area (TPSA) is 38.9 Å². The van der Waals surface area contributed by atoms with Gasteiger partial charge in [0.2, 0.25) is 0 Å². The molecule has 4 heteroatoms. The second-order valence-electron chi connectivity index (χ2n) is 4.58. The Labute approximate surface area is 121 Å². The van der Waals surface area contributed by atoms with Gasteiger partial charge in [0.15, 0.2) is 0 Å². The minimum Gasteiger partial charge on any atom is -0.320 e. The molecule has 0 saturated heterocycles. The van der Waals surface area contributed by atoms with Crippen LogP contribution in [-0.4, -0.2) is 4.98 Å². The van der Waals surface area contributed by atoms with Crippen molar-refractivity contribution in [2.75, 3.05) is 0 Å². The Morgan fingerprint density at radius 1 is 1.10 bits per heavy atom. The zero-order valence-corrected chi connectivity index (χ0v) is 11.3. The first-order valence-corrected chi connectivity index (χ1v) is 6.59. The fourth-order valence-electron chi connectivity index (χ4n) is 2.23. The summed E-state index contributed by atoms with van der Waals surface area (Å²) in [5.74, 6) is -0.465. The summed E-state index contributed by atoms with van der Waals surface area (Å²) in [5, 5.41) is 1.06. The van der Waals surface area contributed by atoms with E-state index in [0.29, 0.717) is 5.56 Å². The molecule has 0 saturated carbocycles. The molecular weight excluding hydrogens is 275 g/mol. The summed E-state index contributed by atoms with van der Waals surface area (Å²) < 4.78 is 14.0. The monoisotopic (exact) mass is 286 g/mol. The summed E-state index contributed by atoms with van der Waals surface area (Å²) in [4.78, 5) is 4.25. The fourth-order valence-corrected chi connectivity index (χ4v) is 2.41. The summed E-state index contributed by atoms with van der Waals surface area (Å²) in [6, 6.07) is 13.8. The van der Waals surface area contributed by atoms with Crippen molar-refractivity contribution in [1.82, 2.24) is 4.98 Å². The van der Waals surface area contributed by atoms with Crippen LogP contribution in [0.25, 0.3) is 10.9 Å². The van der Waals surface area contributed by atoms with Crippen molar-refractivity contribution >= 4 is 22.5 Å². The lowest BCUT2D eigenvalue weighted by molar-refractivity contribution is 0.600. The molecular formula is C16H12ClFN2. The third kappa shape index (κ3) is 2.26. The van der Waals surface area contributed by atoms with Gasteiger partial charge in [-0.1, -0.05) is 35.9 Å². The second-order valence-corrected chi connectivity index (χ2v) is 4.98. The normalized spacial score (nSPS) is 12.6. The predicted molar refractivity (Wildman–Crippen MR) is 79.2 cm³/mol. The van der Waals surface area contributed by atoms with E-state index in [2.05, 4.69) is 4.98 Å². The molecule has 0 spiro atoms. The Morgan fingerprint density at radius 3 is 2.80 bits per heavy atom. The van der Waals surface area contributed by atoms with E-state index in [9.17, 15) is 4.39 Å². The number of fused-ring (bicyclic) bond motifs is 1. The highest BCUT2D eigenvalue weighted by atomic mass is 35.5. The Kier molecular flexibility index (Phi) is 3.38. The van der Waals surface area contributed by atoms with Crippen LogP contribution in [0.3, 0.4) is 0 Å². The fraction of sp³-hybridized carbons (Fsp3) is 0.0625. The quantitative estimate of drug-likeness (QED) is 0.771. The van der Waals surface area contributed by atoms with Gasteiger partial charge in [0.05, 0.1) is 16.6 Å². The van der Waals surface area contributed by atoms with Crippen molar-refractivity contribution in [2.45, 2.75) is 6.04 Å². The number of benzene rings is 2. The van der Waals surface area contributed by atoms with Crippen LogP contribution >= 0.6 is 11.6 Å². The summed E-state index contributed by atoms with van der Waals surface area (Å²) >= 11 is 5.80. The van der Waals surface area contributed by atoms with Crippen LogP contribution in [0.2, 0.25) is 5.02 Å². The van der Waals surface area contributed by atoms with Crippen molar-refractivity contribution in [2.24, 2.45) is 5.73 Å². The molecule has 3 rings (SSSR count). The van der Waals surface area contributed by atoms with Gasteiger partial charge in [0.1, 0.15) is 5.82 Å². The SMILES string of the molecule is NC(c1ccc2ncccc2c1)c1cccc(Cl)c1F. The zero-order valence-electron chi connectivity index (χ0n) is 10.6. The maximum Gasteiger partial charge on any atom is 0.146 e. The Hall–Kier alpha value is -1.97. The number of halogens is 2. The van der Waals surface area contributed by atoms with Gasteiger partial charge >= 0.3 is 0 Å². The second kappa shape index (κ2) is 5.19. The lowest BCUT2D eigenvalue weighted by Crippen LogP contribution is -2.13. The van der Waals surface area contributed by atoms with Crippen molar-refractivity contribution in [1.29, 1.82) is 0 Å². The molecule has 0 aliphatic heterocycles. The molecule has 0 radical (unpaired) electrons. The number of nitrogens with zero attached hydrogens (tertiary/aromatic N) is 1. The summed E-state index contributed by atoms with van der Waals surface area (Å²) in [6.07, 6.45) is 1.73. The van der Waals surface area contributed by atoms with Crippen LogP contribution < -0.4 is 5.73 Å². The van der Waals surface area contributed by atoms with Gasteiger partial charge < -0.3 is 5.73 Å². The molecule has 0 bridgehead atoms. The van der Waals surface area contributed by atoms with E-state index in [-0.39, 0.29) is 5.02 Å². The lowest BCUT2D eigenvalue weighted by Gasteiger charge is -2.14. The van der Waals surface area contributed by atoms with Gasteiger partial charge in [0, 0.05) is 17.1 Å². The average Bonchev–Trinajstić information content (AvgIpc) is 2.49. The molecule has 1 heterocycles. The van der Waals surface area contributed by atoms with E-state index in [1.807, 2.05) is 30.3 Å². The summed E-state index contributed by atoms with van der Waals surface area (Å²) in [5.41, 5.74) is 8.26. The van der Waals surface area contributed by atoms with Crippen LogP contribution in [-0.2, 0) is 0 Å². The van der Waals surface area contributed by atoms with Crippen molar-refractivity contribution in [3.8, 4) is 0 Å². The van der Waals surface area contributed by atoms with Crippen LogP contribution in [0, 0.1) is 5.82 Å². The first-order chi connectivity index (χ1) is 9.66. The van der Waals surface area contributed by atoms with Gasteiger partial charge in [-0.25, -0.2) is 4.39 Å². The molecule has 1 aromatic heterocycles. The molecule has 0 amide bonds. The molecule has 2 N–H and O–H groups in total. The predicted octanol–water partition coefficient (Wildman–Crippen LogP) is 4.08. The van der Waals surface area contributed by atoms with E-state index in [4.69, 9.17) is 17.3 Å². The van der Waals surface area contributed by atoms with Crippen LogP contribution in [0.1, 0.15) is 17.2 Å². The average molecular weight is 287 g/mol. The molecule has 100 valence electrons. The molecule has 0 fully saturated rings. The minimum absolute atomic E-state index is 0.0837. The van der Waals surface area contributed by atoms with E-state index >= 15 is 0 Å². The van der Waals surface area contributed by atoms with Gasteiger partial charge in [-0.15, -0.1) is 0 Å². The van der Waals surface area contributed by atoms with E-state index < -0.39 is 11.9 Å².